The van der Waals surface area contributed by atoms with E-state index >= 15 is 0 Å². The monoisotopic (exact) mass is 465 g/mol. The van der Waals surface area contributed by atoms with E-state index in [0.29, 0.717) is 0 Å². The number of fused-ring (bicyclic) bond motifs is 3. The fourth-order valence-electron chi connectivity index (χ4n) is 4.47. The number of nitrogens with zero attached hydrogens (tertiary/aromatic N) is 1. The number of amides is 3. The van der Waals surface area contributed by atoms with Crippen molar-refractivity contribution in [1.29, 1.82) is 0 Å². The minimum atomic E-state index is -1.25. The Hall–Kier alpha value is -3.88. The lowest BCUT2D eigenvalue weighted by molar-refractivity contribution is -0.155. The molecule has 1 fully saturated rings. The van der Waals surface area contributed by atoms with Gasteiger partial charge in [0.1, 0.15) is 6.61 Å². The summed E-state index contributed by atoms with van der Waals surface area (Å²) in [4.78, 5) is 48.2. The van der Waals surface area contributed by atoms with E-state index in [1.807, 2.05) is 36.4 Å². The first-order chi connectivity index (χ1) is 16.2. The van der Waals surface area contributed by atoms with E-state index in [9.17, 15) is 24.3 Å². The summed E-state index contributed by atoms with van der Waals surface area (Å²) in [6, 6.07) is 14.9. The lowest BCUT2D eigenvalue weighted by Crippen LogP contribution is -2.52. The van der Waals surface area contributed by atoms with Crippen molar-refractivity contribution in [1.82, 2.24) is 15.8 Å². The van der Waals surface area contributed by atoms with E-state index in [4.69, 9.17) is 4.74 Å². The number of aliphatic carboxylic acids is 1. The normalized spacial score (nSPS) is 17.1. The second-order valence-corrected chi connectivity index (χ2v) is 9.15. The van der Waals surface area contributed by atoms with Gasteiger partial charge in [-0.05, 0) is 28.7 Å². The molecule has 1 aliphatic heterocycles. The zero-order valence-corrected chi connectivity index (χ0v) is 19.0. The quantitative estimate of drug-likeness (QED) is 0.577. The van der Waals surface area contributed by atoms with E-state index in [2.05, 4.69) is 22.9 Å². The molecule has 1 aliphatic carbocycles. The summed E-state index contributed by atoms with van der Waals surface area (Å²) in [7, 11) is 0. The van der Waals surface area contributed by atoms with Gasteiger partial charge < -0.3 is 15.2 Å². The molecule has 3 N–H and O–H groups in total. The largest absolute Gasteiger partial charge is 0.480 e. The van der Waals surface area contributed by atoms with E-state index in [-0.39, 0.29) is 31.9 Å². The molecule has 2 aromatic rings. The topological polar surface area (TPSA) is 125 Å². The van der Waals surface area contributed by atoms with Crippen molar-refractivity contribution in [3.63, 3.8) is 0 Å². The lowest BCUT2D eigenvalue weighted by Gasteiger charge is -2.30. The Morgan fingerprint density at radius 2 is 1.68 bits per heavy atom. The van der Waals surface area contributed by atoms with Gasteiger partial charge in [-0.2, -0.15) is 0 Å². The Labute approximate surface area is 197 Å². The van der Waals surface area contributed by atoms with Crippen LogP contribution in [0.5, 0.6) is 0 Å². The summed E-state index contributed by atoms with van der Waals surface area (Å²) in [5.41, 5.74) is 5.81. The molecule has 9 heteroatoms. The molecule has 2 aromatic carbocycles. The van der Waals surface area contributed by atoms with Gasteiger partial charge >= 0.3 is 12.1 Å². The third-order valence-corrected chi connectivity index (χ3v) is 6.38. The molecule has 1 atom stereocenters. The highest BCUT2D eigenvalue weighted by Crippen LogP contribution is 2.44. The molecule has 34 heavy (non-hydrogen) atoms. The molecule has 3 amide bonds. The van der Waals surface area contributed by atoms with Crippen LogP contribution in [0.2, 0.25) is 0 Å². The van der Waals surface area contributed by atoms with Gasteiger partial charge in [0, 0.05) is 17.9 Å². The molecule has 0 saturated carbocycles. The van der Waals surface area contributed by atoms with E-state index in [1.54, 1.807) is 13.8 Å². The van der Waals surface area contributed by atoms with Crippen LogP contribution >= 0.6 is 0 Å². The van der Waals surface area contributed by atoms with Gasteiger partial charge in [0.15, 0.2) is 6.04 Å². The van der Waals surface area contributed by atoms with Gasteiger partial charge in [0.25, 0.3) is 0 Å². The molecular formula is C25H27N3O6. The van der Waals surface area contributed by atoms with Gasteiger partial charge in [-0.1, -0.05) is 62.4 Å². The van der Waals surface area contributed by atoms with Crippen molar-refractivity contribution >= 4 is 23.9 Å². The maximum Gasteiger partial charge on any atom is 0.407 e. The number of carbonyl (C=O) groups excluding carboxylic acids is 3. The van der Waals surface area contributed by atoms with Gasteiger partial charge in [0.05, 0.1) is 6.42 Å². The van der Waals surface area contributed by atoms with Crippen LogP contribution in [0.4, 0.5) is 4.79 Å². The third kappa shape index (κ3) is 4.46. The van der Waals surface area contributed by atoms with Gasteiger partial charge in [-0.25, -0.2) is 14.6 Å². The number of benzene rings is 2. The summed E-state index contributed by atoms with van der Waals surface area (Å²) in [6.07, 6.45) is -0.646. The van der Waals surface area contributed by atoms with Crippen molar-refractivity contribution in [2.75, 3.05) is 13.2 Å². The second kappa shape index (κ2) is 9.17. The number of rotatable bonds is 7. The fourth-order valence-corrected chi connectivity index (χ4v) is 4.47. The number of carbonyl (C=O) groups is 4. The standard InChI is InChI=1S/C25H27N3O6/c1-25(2,23(32)28-20(22(30)31)13-21(29)27-28)11-12-26-24(33)34-14-19-17-9-5-3-7-15(17)16-8-4-6-10-18(16)19/h3-10,19-20H,11-14H2,1-2H3,(H,26,33)(H,27,29)(H,30,31). The summed E-state index contributed by atoms with van der Waals surface area (Å²) in [5, 5.41) is 12.8. The molecule has 9 nitrogen and oxygen atoms in total. The van der Waals surface area contributed by atoms with Crippen LogP contribution in [0, 0.1) is 5.41 Å². The smallest absolute Gasteiger partial charge is 0.407 e. The number of ether oxygens (including phenoxy) is 1. The Morgan fingerprint density at radius 3 is 2.26 bits per heavy atom. The summed E-state index contributed by atoms with van der Waals surface area (Å²) < 4.78 is 5.50. The molecule has 0 aromatic heterocycles. The maximum absolute atomic E-state index is 12.8. The van der Waals surface area contributed by atoms with Gasteiger partial charge in [-0.15, -0.1) is 0 Å². The van der Waals surface area contributed by atoms with Crippen LogP contribution in [-0.4, -0.2) is 53.2 Å². The second-order valence-electron chi connectivity index (χ2n) is 9.15. The van der Waals surface area contributed by atoms with Crippen LogP contribution in [0.25, 0.3) is 11.1 Å². The fraction of sp³-hybridized carbons (Fsp3) is 0.360. The Balaban J connectivity index is 1.31. The van der Waals surface area contributed by atoms with Crippen LogP contribution in [0.1, 0.15) is 43.7 Å². The molecule has 4 rings (SSSR count). The number of hydrazine groups is 1. The molecule has 2 aliphatic rings. The first kappa shape index (κ1) is 23.3. The van der Waals surface area contributed by atoms with Crippen molar-refractivity contribution in [3.8, 4) is 11.1 Å². The van der Waals surface area contributed by atoms with E-state index in [0.717, 1.165) is 27.3 Å². The Morgan fingerprint density at radius 1 is 1.09 bits per heavy atom. The molecular weight excluding hydrogens is 438 g/mol. The Kier molecular flexibility index (Phi) is 6.28. The maximum atomic E-state index is 12.8. The summed E-state index contributed by atoms with van der Waals surface area (Å²) in [5.74, 6) is -2.35. The molecule has 178 valence electrons. The van der Waals surface area contributed by atoms with Crippen LogP contribution < -0.4 is 10.7 Å². The first-order valence-electron chi connectivity index (χ1n) is 11.1. The minimum Gasteiger partial charge on any atom is -0.480 e. The van der Waals surface area contributed by atoms with Crippen molar-refractivity contribution in [2.45, 2.75) is 38.6 Å². The highest BCUT2D eigenvalue weighted by Gasteiger charge is 2.44. The van der Waals surface area contributed by atoms with E-state index < -0.39 is 35.3 Å². The van der Waals surface area contributed by atoms with Crippen LogP contribution in [0.3, 0.4) is 0 Å². The minimum absolute atomic E-state index is 0.0529. The predicted octanol–water partition coefficient (Wildman–Crippen LogP) is 2.66. The number of nitrogens with one attached hydrogen (secondary N) is 2. The molecule has 1 saturated heterocycles. The predicted molar refractivity (Wildman–Crippen MR) is 122 cm³/mol. The highest BCUT2D eigenvalue weighted by molar-refractivity contribution is 5.95. The Bertz CT molecular complexity index is 1100. The van der Waals surface area contributed by atoms with Gasteiger partial charge in [-0.3, -0.25) is 15.0 Å². The number of alkyl carbamates (subject to hydrolysis) is 1. The first-order valence-corrected chi connectivity index (χ1v) is 11.1. The third-order valence-electron chi connectivity index (χ3n) is 6.38. The van der Waals surface area contributed by atoms with Crippen molar-refractivity contribution in [3.05, 3.63) is 59.7 Å². The van der Waals surface area contributed by atoms with Crippen LogP contribution in [0.15, 0.2) is 48.5 Å². The zero-order chi connectivity index (χ0) is 24.5. The van der Waals surface area contributed by atoms with Crippen molar-refractivity contribution in [2.24, 2.45) is 5.41 Å². The number of hydrogen-bond donors (Lipinski definition) is 3. The van der Waals surface area contributed by atoms with E-state index in [1.165, 1.54) is 0 Å². The molecule has 1 heterocycles. The average Bonchev–Trinajstić information content (AvgIpc) is 3.35. The molecule has 0 radical (unpaired) electrons. The highest BCUT2D eigenvalue weighted by atomic mass is 16.5. The SMILES string of the molecule is CC(C)(CCNC(=O)OCC1c2ccccc2-c2ccccc21)C(=O)N1NC(=O)CC1C(=O)O. The number of carboxylic acid groups (broad SMARTS) is 1. The number of hydrogen-bond acceptors (Lipinski definition) is 5. The molecule has 0 spiro atoms. The average molecular weight is 466 g/mol. The zero-order valence-electron chi connectivity index (χ0n) is 19.0. The molecule has 1 unspecified atom stereocenters. The lowest BCUT2D eigenvalue weighted by atomic mass is 9.87. The van der Waals surface area contributed by atoms with Crippen LogP contribution in [-0.2, 0) is 19.1 Å². The van der Waals surface area contributed by atoms with Crippen molar-refractivity contribution < 1.29 is 29.0 Å². The molecule has 0 bridgehead atoms. The number of carboxylic acids is 1. The van der Waals surface area contributed by atoms with Gasteiger partial charge in [0.2, 0.25) is 11.8 Å². The summed E-state index contributed by atoms with van der Waals surface area (Å²) in [6.45, 7) is 3.60. The summed E-state index contributed by atoms with van der Waals surface area (Å²) >= 11 is 0.